The highest BCUT2D eigenvalue weighted by Crippen LogP contribution is 2.24. The van der Waals surface area contributed by atoms with E-state index in [1.165, 1.54) is 22.1 Å². The average Bonchev–Trinajstić information content (AvgIpc) is 2.37. The van der Waals surface area contributed by atoms with Crippen LogP contribution in [0, 0.1) is 0 Å². The summed E-state index contributed by atoms with van der Waals surface area (Å²) < 4.78 is 1.19. The van der Waals surface area contributed by atoms with E-state index in [2.05, 4.69) is 70.3 Å². The van der Waals surface area contributed by atoms with Crippen LogP contribution < -0.4 is 10.2 Å². The van der Waals surface area contributed by atoms with Gasteiger partial charge in [0.2, 0.25) is 0 Å². The Labute approximate surface area is 126 Å². The summed E-state index contributed by atoms with van der Waals surface area (Å²) in [6.07, 6.45) is 1.17. The van der Waals surface area contributed by atoms with Crippen molar-refractivity contribution in [2.75, 3.05) is 45.7 Å². The molecule has 0 aliphatic heterocycles. The van der Waals surface area contributed by atoms with Crippen molar-refractivity contribution in [3.63, 3.8) is 0 Å². The number of hydrogen-bond donors (Lipinski definition) is 1. The zero-order valence-electron chi connectivity index (χ0n) is 12.5. The zero-order chi connectivity index (χ0) is 14.3. The second-order valence-electron chi connectivity index (χ2n) is 5.10. The molecule has 0 heterocycles. The Hall–Kier alpha value is -0.580. The van der Waals surface area contributed by atoms with Crippen molar-refractivity contribution in [2.24, 2.45) is 0 Å². The first kappa shape index (κ1) is 16.5. The van der Waals surface area contributed by atoms with Crippen molar-refractivity contribution in [3.05, 3.63) is 28.2 Å². The van der Waals surface area contributed by atoms with Crippen molar-refractivity contribution < 1.29 is 0 Å². The number of rotatable bonds is 8. The van der Waals surface area contributed by atoms with Gasteiger partial charge in [-0.3, -0.25) is 0 Å². The Bertz CT molecular complexity index is 380. The molecular weight excluding hydrogens is 302 g/mol. The summed E-state index contributed by atoms with van der Waals surface area (Å²) in [5.74, 6) is 0. The lowest BCUT2D eigenvalue weighted by Gasteiger charge is -2.26. The summed E-state index contributed by atoms with van der Waals surface area (Å²) in [6, 6.07) is 6.66. The summed E-state index contributed by atoms with van der Waals surface area (Å²) in [4.78, 5) is 4.68. The van der Waals surface area contributed by atoms with Gasteiger partial charge < -0.3 is 15.1 Å². The lowest BCUT2D eigenvalue weighted by atomic mass is 10.2. The first-order valence-electron chi connectivity index (χ1n) is 6.91. The minimum Gasteiger partial charge on any atom is -0.370 e. The minimum absolute atomic E-state index is 0.895. The second-order valence-corrected chi connectivity index (χ2v) is 5.95. The lowest BCUT2D eigenvalue weighted by molar-refractivity contribution is 0.413. The number of likely N-dealkylation sites (N-methyl/N-ethyl adjacent to an activating group) is 1. The Morgan fingerprint density at radius 2 is 1.89 bits per heavy atom. The lowest BCUT2D eigenvalue weighted by Crippen LogP contribution is -2.32. The van der Waals surface area contributed by atoms with Crippen molar-refractivity contribution in [1.82, 2.24) is 10.2 Å². The van der Waals surface area contributed by atoms with Crippen LogP contribution in [0.15, 0.2) is 22.7 Å². The van der Waals surface area contributed by atoms with Gasteiger partial charge in [-0.25, -0.2) is 0 Å². The maximum Gasteiger partial charge on any atom is 0.0378 e. The third kappa shape index (κ3) is 5.51. The molecule has 0 saturated carbocycles. The number of benzene rings is 1. The highest BCUT2D eigenvalue weighted by atomic mass is 79.9. The van der Waals surface area contributed by atoms with E-state index in [9.17, 15) is 0 Å². The van der Waals surface area contributed by atoms with E-state index in [1.54, 1.807) is 0 Å². The Morgan fingerprint density at radius 3 is 2.42 bits per heavy atom. The van der Waals surface area contributed by atoms with E-state index in [1.807, 2.05) is 7.05 Å². The van der Waals surface area contributed by atoms with Crippen LogP contribution >= 0.6 is 15.9 Å². The number of halogens is 1. The number of hydrogen-bond acceptors (Lipinski definition) is 3. The van der Waals surface area contributed by atoms with Crippen LogP contribution in [0.4, 0.5) is 5.69 Å². The molecule has 1 aromatic carbocycles. The maximum absolute atomic E-state index is 3.67. The molecule has 0 spiro atoms. The fourth-order valence-corrected chi connectivity index (χ4v) is 2.53. The molecule has 1 rings (SSSR count). The average molecular weight is 328 g/mol. The van der Waals surface area contributed by atoms with Crippen molar-refractivity contribution in [3.8, 4) is 0 Å². The molecule has 0 atom stereocenters. The molecule has 0 aliphatic carbocycles. The topological polar surface area (TPSA) is 18.5 Å². The van der Waals surface area contributed by atoms with Crippen LogP contribution in [0.25, 0.3) is 0 Å². The summed E-state index contributed by atoms with van der Waals surface area (Å²) in [5, 5.41) is 3.19. The molecule has 0 unspecified atom stereocenters. The van der Waals surface area contributed by atoms with Crippen LogP contribution in [-0.2, 0) is 6.54 Å². The van der Waals surface area contributed by atoms with Gasteiger partial charge in [-0.15, -0.1) is 0 Å². The van der Waals surface area contributed by atoms with Gasteiger partial charge in [0, 0.05) is 36.3 Å². The minimum atomic E-state index is 0.895. The molecule has 0 amide bonds. The van der Waals surface area contributed by atoms with Crippen molar-refractivity contribution in [2.45, 2.75) is 19.9 Å². The van der Waals surface area contributed by atoms with Crippen molar-refractivity contribution in [1.29, 1.82) is 0 Å². The molecule has 0 aliphatic rings. The fourth-order valence-electron chi connectivity index (χ4n) is 2.03. The van der Waals surface area contributed by atoms with Crippen LogP contribution in [0.3, 0.4) is 0 Å². The molecule has 0 saturated heterocycles. The Kier molecular flexibility index (Phi) is 7.42. The largest absolute Gasteiger partial charge is 0.370 e. The highest BCUT2D eigenvalue weighted by Gasteiger charge is 2.08. The molecule has 0 fully saturated rings. The zero-order valence-corrected chi connectivity index (χ0v) is 14.1. The van der Waals surface area contributed by atoms with E-state index in [0.29, 0.717) is 0 Å². The summed E-state index contributed by atoms with van der Waals surface area (Å²) >= 11 is 3.67. The molecule has 0 bridgehead atoms. The number of nitrogens with one attached hydrogen (secondary N) is 1. The molecule has 0 aromatic heterocycles. The predicted octanol–water partition coefficient (Wildman–Crippen LogP) is 2.95. The van der Waals surface area contributed by atoms with Gasteiger partial charge in [0.05, 0.1) is 0 Å². The smallest absolute Gasteiger partial charge is 0.0378 e. The van der Waals surface area contributed by atoms with Crippen LogP contribution in [0.2, 0.25) is 0 Å². The van der Waals surface area contributed by atoms with Gasteiger partial charge in [-0.05, 0) is 45.3 Å². The quantitative estimate of drug-likeness (QED) is 0.792. The van der Waals surface area contributed by atoms with E-state index < -0.39 is 0 Å². The Balaban J connectivity index is 2.80. The Morgan fingerprint density at radius 1 is 1.16 bits per heavy atom. The first-order chi connectivity index (χ1) is 9.08. The fraction of sp³-hybridized carbons (Fsp3) is 0.600. The third-order valence-electron chi connectivity index (χ3n) is 3.08. The normalized spacial score (nSPS) is 11.1. The van der Waals surface area contributed by atoms with Crippen LogP contribution in [0.5, 0.6) is 0 Å². The van der Waals surface area contributed by atoms with Gasteiger partial charge in [-0.2, -0.15) is 0 Å². The number of nitrogens with zero attached hydrogens (tertiary/aromatic N) is 2. The first-order valence-corrected chi connectivity index (χ1v) is 7.70. The maximum atomic E-state index is 3.67. The molecule has 1 N–H and O–H groups in total. The van der Waals surface area contributed by atoms with Gasteiger partial charge in [0.25, 0.3) is 0 Å². The van der Waals surface area contributed by atoms with E-state index in [-0.39, 0.29) is 0 Å². The van der Waals surface area contributed by atoms with Crippen molar-refractivity contribution >= 4 is 21.6 Å². The van der Waals surface area contributed by atoms with Gasteiger partial charge in [0.15, 0.2) is 0 Å². The summed E-state index contributed by atoms with van der Waals surface area (Å²) in [6.45, 7) is 6.37. The molecular formula is C15H26BrN3. The monoisotopic (exact) mass is 327 g/mol. The third-order valence-corrected chi connectivity index (χ3v) is 3.82. The van der Waals surface area contributed by atoms with E-state index in [0.717, 1.165) is 26.2 Å². The SMILES string of the molecule is CCCN(CCN(C)C)c1ccc(CNC)c(Br)c1. The van der Waals surface area contributed by atoms with Gasteiger partial charge >= 0.3 is 0 Å². The second kappa shape index (κ2) is 8.56. The van der Waals surface area contributed by atoms with Gasteiger partial charge in [0.1, 0.15) is 0 Å². The van der Waals surface area contributed by atoms with E-state index >= 15 is 0 Å². The molecule has 108 valence electrons. The summed E-state index contributed by atoms with van der Waals surface area (Å²) in [7, 11) is 6.22. The molecule has 3 nitrogen and oxygen atoms in total. The molecule has 19 heavy (non-hydrogen) atoms. The van der Waals surface area contributed by atoms with E-state index in [4.69, 9.17) is 0 Å². The summed E-state index contributed by atoms with van der Waals surface area (Å²) in [5.41, 5.74) is 2.60. The predicted molar refractivity (Wildman–Crippen MR) is 88.0 cm³/mol. The van der Waals surface area contributed by atoms with Crippen LogP contribution in [-0.4, -0.2) is 45.7 Å². The van der Waals surface area contributed by atoms with Crippen LogP contribution in [0.1, 0.15) is 18.9 Å². The van der Waals surface area contributed by atoms with Gasteiger partial charge in [-0.1, -0.05) is 28.9 Å². The molecule has 0 radical (unpaired) electrons. The standard InChI is InChI=1S/C15H26BrN3/c1-5-8-19(10-9-18(3)4)14-7-6-13(12-17-2)15(16)11-14/h6-7,11,17H,5,8-10,12H2,1-4H3. The molecule has 4 heteroatoms. The molecule has 1 aromatic rings. The number of anilines is 1. The highest BCUT2D eigenvalue weighted by molar-refractivity contribution is 9.10.